The van der Waals surface area contributed by atoms with Crippen molar-refractivity contribution in [1.29, 1.82) is 0 Å². The van der Waals surface area contributed by atoms with Gasteiger partial charge in [-0.15, -0.1) is 36.2 Å². The summed E-state index contributed by atoms with van der Waals surface area (Å²) in [7, 11) is 0. The predicted octanol–water partition coefficient (Wildman–Crippen LogP) is 3.46. The van der Waals surface area contributed by atoms with Crippen LogP contribution in [0, 0.1) is 0 Å². The van der Waals surface area contributed by atoms with Gasteiger partial charge < -0.3 is 5.32 Å². The minimum absolute atomic E-state index is 0. The minimum Gasteiger partial charge on any atom is -0.314 e. The number of rotatable bonds is 3. The Morgan fingerprint density at radius 2 is 1.83 bits per heavy atom. The molecule has 1 fully saturated rings. The molecule has 0 saturated carbocycles. The van der Waals surface area contributed by atoms with Crippen molar-refractivity contribution in [2.75, 3.05) is 26.2 Å². The van der Waals surface area contributed by atoms with E-state index in [-0.39, 0.29) is 24.8 Å². The molecule has 0 amide bonds. The number of thiophene rings is 1. The molecule has 0 bridgehead atoms. The maximum absolute atomic E-state index is 13.1. The van der Waals surface area contributed by atoms with Gasteiger partial charge in [-0.05, 0) is 12.1 Å². The van der Waals surface area contributed by atoms with Crippen molar-refractivity contribution in [2.24, 2.45) is 0 Å². The van der Waals surface area contributed by atoms with Crippen LogP contribution in [0.15, 0.2) is 12.1 Å². The molecule has 106 valence electrons. The molecule has 0 radical (unpaired) electrons. The topological polar surface area (TPSA) is 15.3 Å². The lowest BCUT2D eigenvalue weighted by atomic mass is 10.2. The fraction of sp³-hybridized carbons (Fsp3) is 0.600. The average molecular weight is 340 g/mol. The van der Waals surface area contributed by atoms with E-state index in [1.165, 1.54) is 11.3 Å². The third-order valence-corrected chi connectivity index (χ3v) is 3.97. The second-order valence-electron chi connectivity index (χ2n) is 3.71. The van der Waals surface area contributed by atoms with Crippen LogP contribution in [0.1, 0.15) is 10.9 Å². The Bertz CT molecular complexity index is 346. The van der Waals surface area contributed by atoms with Crippen LogP contribution < -0.4 is 5.32 Å². The summed E-state index contributed by atoms with van der Waals surface area (Å²) in [6.45, 7) is 2.85. The van der Waals surface area contributed by atoms with Crippen LogP contribution in [0.2, 0.25) is 4.34 Å². The molecule has 2 nitrogen and oxygen atoms in total. The standard InChI is InChI=1S/C10H13ClF2N2S.2ClH/c11-8-2-1-7(16-8)9(10(12)13)15-5-3-14-4-6-15;;/h1-2,9-10,14H,3-6H2;2*1H/t9-;;/m1../s1. The van der Waals surface area contributed by atoms with Gasteiger partial charge in [0.25, 0.3) is 6.43 Å². The maximum atomic E-state index is 13.1. The van der Waals surface area contributed by atoms with Crippen molar-refractivity contribution in [2.45, 2.75) is 12.5 Å². The highest BCUT2D eigenvalue weighted by Gasteiger charge is 2.31. The first-order valence-electron chi connectivity index (χ1n) is 5.16. The highest BCUT2D eigenvalue weighted by Crippen LogP contribution is 2.34. The fourth-order valence-electron chi connectivity index (χ4n) is 1.91. The monoisotopic (exact) mass is 338 g/mol. The molecular formula is C10H15Cl3F2N2S. The van der Waals surface area contributed by atoms with Crippen molar-refractivity contribution in [3.8, 4) is 0 Å². The number of hydrogen-bond acceptors (Lipinski definition) is 3. The van der Waals surface area contributed by atoms with Crippen LogP contribution in [0.4, 0.5) is 8.78 Å². The number of alkyl halides is 2. The highest BCUT2D eigenvalue weighted by molar-refractivity contribution is 7.16. The molecule has 8 heteroatoms. The lowest BCUT2D eigenvalue weighted by molar-refractivity contribution is 0.0200. The zero-order chi connectivity index (χ0) is 11.5. The van der Waals surface area contributed by atoms with Crippen molar-refractivity contribution in [3.63, 3.8) is 0 Å². The molecule has 0 aromatic carbocycles. The van der Waals surface area contributed by atoms with E-state index >= 15 is 0 Å². The number of nitrogens with zero attached hydrogens (tertiary/aromatic N) is 1. The molecular weight excluding hydrogens is 325 g/mol. The molecule has 0 aliphatic carbocycles. The molecule has 1 aromatic rings. The quantitative estimate of drug-likeness (QED) is 0.907. The Labute approximate surface area is 127 Å². The summed E-state index contributed by atoms with van der Waals surface area (Å²) in [6.07, 6.45) is -2.37. The van der Waals surface area contributed by atoms with Crippen LogP contribution >= 0.6 is 47.8 Å². The average Bonchev–Trinajstić information content (AvgIpc) is 2.66. The SMILES string of the molecule is Cl.Cl.FC(F)[C@@H](c1ccc(Cl)s1)N1CCNCC1. The van der Waals surface area contributed by atoms with Crippen LogP contribution in [0.25, 0.3) is 0 Å². The molecule has 0 unspecified atom stereocenters. The number of hydrogen-bond donors (Lipinski definition) is 1. The molecule has 1 aromatic heterocycles. The van der Waals surface area contributed by atoms with Gasteiger partial charge in [-0.2, -0.15) is 0 Å². The van der Waals surface area contributed by atoms with Crippen molar-refractivity contribution >= 4 is 47.8 Å². The smallest absolute Gasteiger partial charge is 0.258 e. The molecule has 1 aliphatic rings. The second kappa shape index (κ2) is 8.51. The Morgan fingerprint density at radius 1 is 1.22 bits per heavy atom. The first-order chi connectivity index (χ1) is 7.68. The summed E-state index contributed by atoms with van der Waals surface area (Å²) >= 11 is 7.03. The molecule has 2 heterocycles. The minimum atomic E-state index is -2.37. The van der Waals surface area contributed by atoms with Gasteiger partial charge in [-0.1, -0.05) is 11.6 Å². The molecule has 2 rings (SSSR count). The molecule has 1 atom stereocenters. The maximum Gasteiger partial charge on any atom is 0.258 e. The molecule has 1 saturated heterocycles. The summed E-state index contributed by atoms with van der Waals surface area (Å²) in [6, 6.07) is 2.57. The lowest BCUT2D eigenvalue weighted by Gasteiger charge is -2.33. The number of piperazine rings is 1. The lowest BCUT2D eigenvalue weighted by Crippen LogP contribution is -2.46. The van der Waals surface area contributed by atoms with Crippen LogP contribution in [-0.4, -0.2) is 37.5 Å². The van der Waals surface area contributed by atoms with Gasteiger partial charge in [0.1, 0.15) is 6.04 Å². The molecule has 1 aliphatic heterocycles. The zero-order valence-corrected chi connectivity index (χ0v) is 12.6. The van der Waals surface area contributed by atoms with E-state index in [0.717, 1.165) is 13.1 Å². The Morgan fingerprint density at radius 3 is 2.28 bits per heavy atom. The molecule has 1 N–H and O–H groups in total. The normalized spacial score (nSPS) is 18.0. The summed E-state index contributed by atoms with van der Waals surface area (Å²) in [5.41, 5.74) is 0. The van der Waals surface area contributed by atoms with Crippen LogP contribution in [-0.2, 0) is 0 Å². The van der Waals surface area contributed by atoms with Crippen molar-refractivity contribution in [3.05, 3.63) is 21.3 Å². The first kappa shape index (κ1) is 18.4. The van der Waals surface area contributed by atoms with Gasteiger partial charge in [-0.3, -0.25) is 4.90 Å². The van der Waals surface area contributed by atoms with E-state index in [0.29, 0.717) is 22.3 Å². The van der Waals surface area contributed by atoms with Crippen LogP contribution in [0.5, 0.6) is 0 Å². The van der Waals surface area contributed by atoms with E-state index in [1.54, 1.807) is 12.1 Å². The molecule has 18 heavy (non-hydrogen) atoms. The summed E-state index contributed by atoms with van der Waals surface area (Å²) in [5, 5.41) is 3.16. The largest absolute Gasteiger partial charge is 0.314 e. The summed E-state index contributed by atoms with van der Waals surface area (Å²) in [5.74, 6) is 0. The van der Waals surface area contributed by atoms with Gasteiger partial charge in [0, 0.05) is 31.1 Å². The van der Waals surface area contributed by atoms with Gasteiger partial charge >= 0.3 is 0 Å². The third-order valence-electron chi connectivity index (χ3n) is 2.67. The fourth-order valence-corrected chi connectivity index (χ4v) is 3.11. The second-order valence-corrected chi connectivity index (χ2v) is 5.45. The third kappa shape index (κ3) is 4.47. The number of halogens is 5. The summed E-state index contributed by atoms with van der Waals surface area (Å²) in [4.78, 5) is 2.48. The van der Waals surface area contributed by atoms with Gasteiger partial charge in [-0.25, -0.2) is 8.78 Å². The van der Waals surface area contributed by atoms with Crippen LogP contribution in [0.3, 0.4) is 0 Å². The predicted molar refractivity (Wildman–Crippen MR) is 77.0 cm³/mol. The Kier molecular flexibility index (Phi) is 8.67. The van der Waals surface area contributed by atoms with E-state index in [9.17, 15) is 8.78 Å². The molecule has 0 spiro atoms. The first-order valence-corrected chi connectivity index (χ1v) is 6.36. The van der Waals surface area contributed by atoms with Gasteiger partial charge in [0.2, 0.25) is 0 Å². The zero-order valence-electron chi connectivity index (χ0n) is 9.44. The van der Waals surface area contributed by atoms with Crippen molar-refractivity contribution in [1.82, 2.24) is 10.2 Å². The van der Waals surface area contributed by atoms with E-state index in [1.807, 2.05) is 4.90 Å². The van der Waals surface area contributed by atoms with E-state index < -0.39 is 12.5 Å². The number of nitrogens with one attached hydrogen (secondary N) is 1. The highest BCUT2D eigenvalue weighted by atomic mass is 35.5. The van der Waals surface area contributed by atoms with Gasteiger partial charge in [0.05, 0.1) is 4.34 Å². The van der Waals surface area contributed by atoms with Crippen molar-refractivity contribution < 1.29 is 8.78 Å². The summed E-state index contributed by atoms with van der Waals surface area (Å²) < 4.78 is 26.7. The van der Waals surface area contributed by atoms with E-state index in [2.05, 4.69) is 5.32 Å². The van der Waals surface area contributed by atoms with E-state index in [4.69, 9.17) is 11.6 Å². The Hall–Kier alpha value is 0.350. The Balaban J connectivity index is 0.00000144. The van der Waals surface area contributed by atoms with Gasteiger partial charge in [0.15, 0.2) is 0 Å².